The quantitative estimate of drug-likeness (QED) is 0.861. The van der Waals surface area contributed by atoms with Crippen LogP contribution >= 0.6 is 0 Å². The van der Waals surface area contributed by atoms with Gasteiger partial charge in [-0.05, 0) is 57.6 Å². The van der Waals surface area contributed by atoms with E-state index in [4.69, 9.17) is 4.74 Å². The van der Waals surface area contributed by atoms with E-state index in [0.717, 1.165) is 17.5 Å². The van der Waals surface area contributed by atoms with Crippen LogP contribution in [0.5, 0.6) is 5.88 Å². The van der Waals surface area contributed by atoms with Gasteiger partial charge in [0.15, 0.2) is 0 Å². The molecule has 106 valence electrons. The second-order valence-corrected chi connectivity index (χ2v) is 5.79. The molecule has 1 saturated carbocycles. The Bertz CT molecular complexity index is 384. The molecule has 1 aromatic heterocycles. The van der Waals surface area contributed by atoms with Gasteiger partial charge in [0.05, 0.1) is 11.8 Å². The average Bonchev–Trinajstić information content (AvgIpc) is 2.41. The van der Waals surface area contributed by atoms with Crippen LogP contribution in [0.15, 0.2) is 18.3 Å². The van der Waals surface area contributed by atoms with Crippen molar-refractivity contribution in [2.45, 2.75) is 65.0 Å². The van der Waals surface area contributed by atoms with E-state index in [1.54, 1.807) is 6.20 Å². The molecule has 1 N–H and O–H groups in total. The molecule has 1 aliphatic carbocycles. The van der Waals surface area contributed by atoms with E-state index in [1.165, 1.54) is 32.1 Å². The Morgan fingerprint density at radius 3 is 2.68 bits per heavy atom. The fourth-order valence-electron chi connectivity index (χ4n) is 2.75. The molecule has 3 heteroatoms. The molecule has 1 aliphatic rings. The maximum Gasteiger partial charge on any atom is 0.237 e. The first-order valence-electron chi connectivity index (χ1n) is 7.57. The van der Waals surface area contributed by atoms with Crippen molar-refractivity contribution >= 4 is 5.69 Å². The van der Waals surface area contributed by atoms with Gasteiger partial charge in [0.25, 0.3) is 0 Å². The van der Waals surface area contributed by atoms with Gasteiger partial charge < -0.3 is 10.1 Å². The largest absolute Gasteiger partial charge is 0.473 e. The molecular formula is C16H26N2O. The SMILES string of the molecule is CCC1CCC(Nc2cccnc2OC(C)C)CC1. The van der Waals surface area contributed by atoms with Crippen LogP contribution in [0.1, 0.15) is 52.9 Å². The highest BCUT2D eigenvalue weighted by Crippen LogP contribution is 2.30. The first-order valence-corrected chi connectivity index (χ1v) is 7.57. The van der Waals surface area contributed by atoms with Crippen LogP contribution < -0.4 is 10.1 Å². The molecule has 0 radical (unpaired) electrons. The van der Waals surface area contributed by atoms with E-state index in [-0.39, 0.29) is 6.10 Å². The summed E-state index contributed by atoms with van der Waals surface area (Å²) in [6.45, 7) is 6.37. The van der Waals surface area contributed by atoms with Gasteiger partial charge in [-0.1, -0.05) is 13.3 Å². The Balaban J connectivity index is 1.95. The van der Waals surface area contributed by atoms with Gasteiger partial charge in [0.2, 0.25) is 5.88 Å². The molecule has 0 unspecified atom stereocenters. The van der Waals surface area contributed by atoms with Crippen molar-refractivity contribution in [2.24, 2.45) is 5.92 Å². The van der Waals surface area contributed by atoms with Gasteiger partial charge in [-0.25, -0.2) is 4.98 Å². The highest BCUT2D eigenvalue weighted by Gasteiger charge is 2.20. The lowest BCUT2D eigenvalue weighted by atomic mass is 9.84. The summed E-state index contributed by atoms with van der Waals surface area (Å²) in [7, 11) is 0. The lowest BCUT2D eigenvalue weighted by Crippen LogP contribution is -2.26. The van der Waals surface area contributed by atoms with Crippen molar-refractivity contribution in [3.05, 3.63) is 18.3 Å². The molecule has 0 aromatic carbocycles. The number of ether oxygens (including phenoxy) is 1. The van der Waals surface area contributed by atoms with Crippen molar-refractivity contribution in [1.82, 2.24) is 4.98 Å². The summed E-state index contributed by atoms with van der Waals surface area (Å²) in [5.74, 6) is 1.66. The van der Waals surface area contributed by atoms with Crippen molar-refractivity contribution < 1.29 is 4.74 Å². The normalized spacial score (nSPS) is 23.4. The molecule has 0 atom stereocenters. The van der Waals surface area contributed by atoms with Crippen LogP contribution in [0.2, 0.25) is 0 Å². The molecule has 0 bridgehead atoms. The minimum absolute atomic E-state index is 0.159. The zero-order valence-electron chi connectivity index (χ0n) is 12.4. The molecule has 0 amide bonds. The third-order valence-corrected chi connectivity index (χ3v) is 3.90. The maximum absolute atomic E-state index is 5.76. The molecule has 3 nitrogen and oxygen atoms in total. The fraction of sp³-hybridized carbons (Fsp3) is 0.688. The van der Waals surface area contributed by atoms with Crippen LogP contribution in [-0.4, -0.2) is 17.1 Å². The number of nitrogens with zero attached hydrogens (tertiary/aromatic N) is 1. The lowest BCUT2D eigenvalue weighted by Gasteiger charge is -2.29. The maximum atomic E-state index is 5.76. The van der Waals surface area contributed by atoms with E-state index in [9.17, 15) is 0 Å². The van der Waals surface area contributed by atoms with Crippen LogP contribution in [0.25, 0.3) is 0 Å². The Morgan fingerprint density at radius 2 is 2.05 bits per heavy atom. The highest BCUT2D eigenvalue weighted by molar-refractivity contribution is 5.52. The molecule has 0 spiro atoms. The highest BCUT2D eigenvalue weighted by atomic mass is 16.5. The zero-order valence-corrected chi connectivity index (χ0v) is 12.4. The molecule has 0 saturated heterocycles. The number of nitrogens with one attached hydrogen (secondary N) is 1. The zero-order chi connectivity index (χ0) is 13.7. The molecule has 1 aromatic rings. The van der Waals surface area contributed by atoms with Crippen LogP contribution in [0, 0.1) is 5.92 Å². The smallest absolute Gasteiger partial charge is 0.237 e. The van der Waals surface area contributed by atoms with Crippen molar-refractivity contribution in [1.29, 1.82) is 0 Å². The van der Waals surface area contributed by atoms with Gasteiger partial charge in [0, 0.05) is 12.2 Å². The third kappa shape index (κ3) is 4.12. The monoisotopic (exact) mass is 262 g/mol. The summed E-state index contributed by atoms with van der Waals surface area (Å²) in [4.78, 5) is 4.33. The second kappa shape index (κ2) is 6.78. The van der Waals surface area contributed by atoms with Crippen LogP contribution in [-0.2, 0) is 0 Å². The molecule has 1 fully saturated rings. The van der Waals surface area contributed by atoms with Gasteiger partial charge in [-0.15, -0.1) is 0 Å². The van der Waals surface area contributed by atoms with Gasteiger partial charge in [-0.3, -0.25) is 0 Å². The summed E-state index contributed by atoms with van der Waals surface area (Å²) >= 11 is 0. The van der Waals surface area contributed by atoms with Gasteiger partial charge >= 0.3 is 0 Å². The summed E-state index contributed by atoms with van der Waals surface area (Å²) in [5.41, 5.74) is 1.04. The summed E-state index contributed by atoms with van der Waals surface area (Å²) < 4.78 is 5.76. The Labute approximate surface area is 116 Å². The van der Waals surface area contributed by atoms with Gasteiger partial charge in [0.1, 0.15) is 0 Å². The van der Waals surface area contributed by atoms with E-state index >= 15 is 0 Å². The van der Waals surface area contributed by atoms with Crippen LogP contribution in [0.3, 0.4) is 0 Å². The predicted octanol–water partition coefficient (Wildman–Crippen LogP) is 4.25. The number of rotatable bonds is 5. The van der Waals surface area contributed by atoms with Crippen molar-refractivity contribution in [3.8, 4) is 5.88 Å². The first kappa shape index (κ1) is 14.2. The number of pyridine rings is 1. The Kier molecular flexibility index (Phi) is 5.06. The lowest BCUT2D eigenvalue weighted by molar-refractivity contribution is 0.233. The van der Waals surface area contributed by atoms with Gasteiger partial charge in [-0.2, -0.15) is 0 Å². The fourth-order valence-corrected chi connectivity index (χ4v) is 2.75. The first-order chi connectivity index (χ1) is 9.19. The van der Waals surface area contributed by atoms with E-state index in [2.05, 4.69) is 23.3 Å². The standard InChI is InChI=1S/C16H26N2O/c1-4-13-7-9-14(10-8-13)18-15-6-5-11-17-16(15)19-12(2)3/h5-6,11-14,18H,4,7-10H2,1-3H3. The topological polar surface area (TPSA) is 34.2 Å². The number of anilines is 1. The average molecular weight is 262 g/mol. The van der Waals surface area contributed by atoms with E-state index in [0.29, 0.717) is 6.04 Å². The van der Waals surface area contributed by atoms with E-state index < -0.39 is 0 Å². The third-order valence-electron chi connectivity index (χ3n) is 3.90. The van der Waals surface area contributed by atoms with Crippen LogP contribution in [0.4, 0.5) is 5.69 Å². The Morgan fingerprint density at radius 1 is 1.32 bits per heavy atom. The van der Waals surface area contributed by atoms with Crippen molar-refractivity contribution in [2.75, 3.05) is 5.32 Å². The van der Waals surface area contributed by atoms with E-state index in [1.807, 2.05) is 19.9 Å². The molecule has 0 aliphatic heterocycles. The predicted molar refractivity (Wildman–Crippen MR) is 79.7 cm³/mol. The molecular weight excluding hydrogens is 236 g/mol. The minimum Gasteiger partial charge on any atom is -0.473 e. The number of aromatic nitrogens is 1. The Hall–Kier alpha value is -1.25. The summed E-state index contributed by atoms with van der Waals surface area (Å²) in [6.07, 6.45) is 8.47. The molecule has 19 heavy (non-hydrogen) atoms. The molecule has 2 rings (SSSR count). The molecule has 1 heterocycles. The summed E-state index contributed by atoms with van der Waals surface area (Å²) in [5, 5.41) is 3.61. The van der Waals surface area contributed by atoms with Crippen molar-refractivity contribution in [3.63, 3.8) is 0 Å². The minimum atomic E-state index is 0.159. The summed E-state index contributed by atoms with van der Waals surface area (Å²) in [6, 6.07) is 4.60. The second-order valence-electron chi connectivity index (χ2n) is 5.79. The number of hydrogen-bond donors (Lipinski definition) is 1. The number of hydrogen-bond acceptors (Lipinski definition) is 3.